The average molecular weight is 167 g/mol. The van der Waals surface area contributed by atoms with Crippen LogP contribution in [0, 0.1) is 0 Å². The molecular weight excluding hydrogens is 154 g/mol. The van der Waals surface area contributed by atoms with Crippen molar-refractivity contribution in [2.24, 2.45) is 7.05 Å². The molecule has 66 valence electrons. The fourth-order valence-electron chi connectivity index (χ4n) is 1.53. The van der Waals surface area contributed by atoms with Gasteiger partial charge in [-0.2, -0.15) is 0 Å². The van der Waals surface area contributed by atoms with E-state index in [0.29, 0.717) is 11.7 Å². The Morgan fingerprint density at radius 1 is 1.50 bits per heavy atom. The van der Waals surface area contributed by atoms with Crippen LogP contribution in [0.3, 0.4) is 0 Å². The van der Waals surface area contributed by atoms with Crippen LogP contribution < -0.4 is 0 Å². The molecule has 0 radical (unpaired) electrons. The lowest BCUT2D eigenvalue weighted by atomic mass is 9.85. The van der Waals surface area contributed by atoms with Crippen LogP contribution in [-0.2, 0) is 13.7 Å². The predicted molar refractivity (Wildman–Crippen MR) is 43.5 cm³/mol. The molecule has 0 amide bonds. The molecule has 0 unspecified atom stereocenters. The highest BCUT2D eigenvalue weighted by molar-refractivity contribution is 5.03. The zero-order chi connectivity index (χ0) is 8.55. The summed E-state index contributed by atoms with van der Waals surface area (Å²) in [7, 11) is 1.92. The third-order valence-corrected chi connectivity index (χ3v) is 2.61. The van der Waals surface area contributed by atoms with E-state index in [1.807, 2.05) is 11.6 Å². The largest absolute Gasteiger partial charge is 0.388 e. The molecule has 1 aromatic rings. The Morgan fingerprint density at radius 2 is 2.25 bits per heavy atom. The summed E-state index contributed by atoms with van der Waals surface area (Å²) in [6.07, 6.45) is 3.74. The van der Waals surface area contributed by atoms with E-state index in [0.717, 1.165) is 5.82 Å². The van der Waals surface area contributed by atoms with Crippen molar-refractivity contribution < 1.29 is 5.11 Å². The van der Waals surface area contributed by atoms with E-state index >= 15 is 0 Å². The Bertz CT molecular complexity index is 278. The maximum atomic E-state index is 8.88. The average Bonchev–Trinajstić information content (AvgIpc) is 2.30. The van der Waals surface area contributed by atoms with Crippen molar-refractivity contribution in [3.8, 4) is 0 Å². The molecule has 1 aromatic heterocycles. The van der Waals surface area contributed by atoms with Gasteiger partial charge in [0.25, 0.3) is 0 Å². The highest BCUT2D eigenvalue weighted by Crippen LogP contribution is 2.34. The van der Waals surface area contributed by atoms with Crippen molar-refractivity contribution in [3.63, 3.8) is 0 Å². The van der Waals surface area contributed by atoms with Crippen molar-refractivity contribution in [2.45, 2.75) is 31.8 Å². The highest BCUT2D eigenvalue weighted by Gasteiger charge is 2.24. The molecule has 0 spiro atoms. The van der Waals surface area contributed by atoms with E-state index in [1.165, 1.54) is 19.3 Å². The van der Waals surface area contributed by atoms with Crippen LogP contribution in [0.2, 0.25) is 0 Å². The monoisotopic (exact) mass is 167 g/mol. The quantitative estimate of drug-likeness (QED) is 0.700. The molecule has 0 aromatic carbocycles. The number of hydrogen-bond acceptors (Lipinski definition) is 3. The van der Waals surface area contributed by atoms with Gasteiger partial charge in [0.2, 0.25) is 0 Å². The van der Waals surface area contributed by atoms with E-state index in [1.54, 1.807) is 0 Å². The molecule has 1 N–H and O–H groups in total. The van der Waals surface area contributed by atoms with Gasteiger partial charge in [-0.05, 0) is 12.8 Å². The summed E-state index contributed by atoms with van der Waals surface area (Å²) in [5.74, 6) is 2.28. The van der Waals surface area contributed by atoms with Crippen molar-refractivity contribution in [1.82, 2.24) is 14.8 Å². The number of hydrogen-bond donors (Lipinski definition) is 1. The molecule has 12 heavy (non-hydrogen) atoms. The molecule has 1 saturated carbocycles. The standard InChI is InChI=1S/C8H13N3O/c1-11-7(5-12)9-10-8(11)6-3-2-4-6/h6,12H,2-5H2,1H3. The van der Waals surface area contributed by atoms with Crippen LogP contribution in [0.1, 0.15) is 36.8 Å². The SMILES string of the molecule is Cn1c(CO)nnc1C1CCC1. The number of aromatic nitrogens is 3. The van der Waals surface area contributed by atoms with Crippen LogP contribution in [-0.4, -0.2) is 19.9 Å². The lowest BCUT2D eigenvalue weighted by Crippen LogP contribution is -2.14. The second-order valence-corrected chi connectivity index (χ2v) is 3.32. The van der Waals surface area contributed by atoms with Crippen LogP contribution >= 0.6 is 0 Å². The zero-order valence-electron chi connectivity index (χ0n) is 7.19. The topological polar surface area (TPSA) is 50.9 Å². The molecule has 1 aliphatic carbocycles. The van der Waals surface area contributed by atoms with E-state index < -0.39 is 0 Å². The molecular formula is C8H13N3O. The Labute approximate surface area is 71.2 Å². The van der Waals surface area contributed by atoms with Crippen molar-refractivity contribution in [3.05, 3.63) is 11.6 Å². The van der Waals surface area contributed by atoms with E-state index in [4.69, 9.17) is 5.11 Å². The molecule has 1 heterocycles. The molecule has 1 fully saturated rings. The summed E-state index contributed by atoms with van der Waals surface area (Å²) in [5.41, 5.74) is 0. The first-order valence-electron chi connectivity index (χ1n) is 4.32. The number of aliphatic hydroxyl groups is 1. The summed E-state index contributed by atoms with van der Waals surface area (Å²) in [6.45, 7) is -0.0176. The van der Waals surface area contributed by atoms with E-state index in [-0.39, 0.29) is 6.61 Å². The Kier molecular flexibility index (Phi) is 1.84. The lowest BCUT2D eigenvalue weighted by molar-refractivity contribution is 0.265. The first-order chi connectivity index (χ1) is 5.83. The first-order valence-corrected chi connectivity index (χ1v) is 4.32. The smallest absolute Gasteiger partial charge is 0.158 e. The Morgan fingerprint density at radius 3 is 2.67 bits per heavy atom. The zero-order valence-corrected chi connectivity index (χ0v) is 7.19. The van der Waals surface area contributed by atoms with Crippen LogP contribution in [0.5, 0.6) is 0 Å². The molecule has 0 atom stereocenters. The molecule has 0 saturated heterocycles. The van der Waals surface area contributed by atoms with Gasteiger partial charge in [-0.15, -0.1) is 10.2 Å². The minimum atomic E-state index is -0.0176. The van der Waals surface area contributed by atoms with Gasteiger partial charge in [0.15, 0.2) is 5.82 Å². The van der Waals surface area contributed by atoms with E-state index in [9.17, 15) is 0 Å². The second kappa shape index (κ2) is 2.86. The first kappa shape index (κ1) is 7.73. The fourth-order valence-corrected chi connectivity index (χ4v) is 1.53. The van der Waals surface area contributed by atoms with Crippen molar-refractivity contribution in [2.75, 3.05) is 0 Å². The normalized spacial score (nSPS) is 17.8. The minimum absolute atomic E-state index is 0.0176. The summed E-state index contributed by atoms with van der Waals surface area (Å²) in [5, 5.41) is 16.8. The number of aliphatic hydroxyl groups excluding tert-OH is 1. The highest BCUT2D eigenvalue weighted by atomic mass is 16.3. The van der Waals surface area contributed by atoms with Gasteiger partial charge in [-0.25, -0.2) is 0 Å². The summed E-state index contributed by atoms with van der Waals surface area (Å²) >= 11 is 0. The number of rotatable bonds is 2. The van der Waals surface area contributed by atoms with Gasteiger partial charge >= 0.3 is 0 Å². The van der Waals surface area contributed by atoms with Crippen LogP contribution in [0.25, 0.3) is 0 Å². The number of nitrogens with zero attached hydrogens (tertiary/aromatic N) is 3. The molecule has 4 nitrogen and oxygen atoms in total. The third kappa shape index (κ3) is 1.03. The van der Waals surface area contributed by atoms with Gasteiger partial charge in [0, 0.05) is 13.0 Å². The van der Waals surface area contributed by atoms with Crippen LogP contribution in [0.4, 0.5) is 0 Å². The molecule has 0 bridgehead atoms. The van der Waals surface area contributed by atoms with Gasteiger partial charge < -0.3 is 9.67 Å². The van der Waals surface area contributed by atoms with E-state index in [2.05, 4.69) is 10.2 Å². The maximum Gasteiger partial charge on any atom is 0.158 e. The molecule has 1 aliphatic rings. The Hall–Kier alpha value is -0.900. The maximum absolute atomic E-state index is 8.88. The van der Waals surface area contributed by atoms with Gasteiger partial charge in [-0.3, -0.25) is 0 Å². The summed E-state index contributed by atoms with van der Waals surface area (Å²) < 4.78 is 1.91. The summed E-state index contributed by atoms with van der Waals surface area (Å²) in [6, 6.07) is 0. The third-order valence-electron chi connectivity index (χ3n) is 2.61. The molecule has 2 rings (SSSR count). The van der Waals surface area contributed by atoms with Gasteiger partial charge in [0.1, 0.15) is 12.4 Å². The van der Waals surface area contributed by atoms with Crippen molar-refractivity contribution in [1.29, 1.82) is 0 Å². The second-order valence-electron chi connectivity index (χ2n) is 3.32. The fraction of sp³-hybridized carbons (Fsp3) is 0.750. The van der Waals surface area contributed by atoms with Crippen LogP contribution in [0.15, 0.2) is 0 Å². The molecule has 4 heteroatoms. The minimum Gasteiger partial charge on any atom is -0.388 e. The lowest BCUT2D eigenvalue weighted by Gasteiger charge is -2.23. The van der Waals surface area contributed by atoms with Crippen molar-refractivity contribution >= 4 is 0 Å². The summed E-state index contributed by atoms with van der Waals surface area (Å²) in [4.78, 5) is 0. The molecule has 0 aliphatic heterocycles. The van der Waals surface area contributed by atoms with Gasteiger partial charge in [-0.1, -0.05) is 6.42 Å². The predicted octanol–water partition coefficient (Wildman–Crippen LogP) is 0.575. The Balaban J connectivity index is 2.25. The van der Waals surface area contributed by atoms with Gasteiger partial charge in [0.05, 0.1) is 0 Å².